The Bertz CT molecular complexity index is 1200. The zero-order chi connectivity index (χ0) is 21.1. The second-order valence-electron chi connectivity index (χ2n) is 6.98. The summed E-state index contributed by atoms with van der Waals surface area (Å²) in [6, 6.07) is 18.6. The van der Waals surface area contributed by atoms with E-state index in [1.165, 1.54) is 0 Å². The molecule has 4 aromatic rings. The number of rotatable bonds is 6. The monoisotopic (exact) mass is 402 g/mol. The molecule has 0 bridgehead atoms. The first-order valence-corrected chi connectivity index (χ1v) is 9.57. The van der Waals surface area contributed by atoms with Crippen LogP contribution in [-0.2, 0) is 4.79 Å². The van der Waals surface area contributed by atoms with Gasteiger partial charge >= 0.3 is 0 Å². The van der Waals surface area contributed by atoms with Crippen molar-refractivity contribution in [2.45, 2.75) is 13.8 Å². The van der Waals surface area contributed by atoms with Crippen LogP contribution in [-0.4, -0.2) is 24.6 Å². The van der Waals surface area contributed by atoms with Gasteiger partial charge in [0.1, 0.15) is 17.0 Å². The zero-order valence-corrected chi connectivity index (χ0v) is 17.1. The highest BCUT2D eigenvalue weighted by Gasteiger charge is 2.14. The quantitative estimate of drug-likeness (QED) is 0.483. The number of anilines is 1. The Hall–Kier alpha value is -3.80. The molecule has 4 rings (SSSR count). The minimum absolute atomic E-state index is 0.0990. The molecule has 0 aliphatic heterocycles. The number of nitrogens with zero attached hydrogens (tertiary/aromatic N) is 1. The summed E-state index contributed by atoms with van der Waals surface area (Å²) < 4.78 is 16.6. The molecule has 30 heavy (non-hydrogen) atoms. The van der Waals surface area contributed by atoms with Gasteiger partial charge in [0.2, 0.25) is 5.89 Å². The zero-order valence-electron chi connectivity index (χ0n) is 17.1. The van der Waals surface area contributed by atoms with Gasteiger partial charge in [-0.15, -0.1) is 0 Å². The molecule has 0 aliphatic carbocycles. The van der Waals surface area contributed by atoms with Gasteiger partial charge in [0.25, 0.3) is 5.91 Å². The third-order valence-electron chi connectivity index (χ3n) is 4.81. The molecular weight excluding hydrogens is 380 g/mol. The molecule has 1 heterocycles. The number of aryl methyl sites for hydroxylation is 1. The highest BCUT2D eigenvalue weighted by molar-refractivity contribution is 5.93. The van der Waals surface area contributed by atoms with Crippen molar-refractivity contribution in [3.63, 3.8) is 0 Å². The van der Waals surface area contributed by atoms with Crippen molar-refractivity contribution in [3.8, 4) is 23.0 Å². The van der Waals surface area contributed by atoms with Gasteiger partial charge < -0.3 is 19.2 Å². The lowest BCUT2D eigenvalue weighted by atomic mass is 10.1. The normalized spacial score (nSPS) is 10.8. The molecule has 0 saturated carbocycles. The number of methoxy groups -OCH3 is 1. The average molecular weight is 402 g/mol. The van der Waals surface area contributed by atoms with Crippen LogP contribution < -0.4 is 14.8 Å². The molecule has 0 atom stereocenters. The average Bonchev–Trinajstić information content (AvgIpc) is 3.17. The van der Waals surface area contributed by atoms with E-state index < -0.39 is 0 Å². The van der Waals surface area contributed by atoms with Gasteiger partial charge in [0.05, 0.1) is 7.11 Å². The van der Waals surface area contributed by atoms with Crippen LogP contribution in [0, 0.1) is 13.8 Å². The summed E-state index contributed by atoms with van der Waals surface area (Å²) in [6.45, 7) is 3.84. The molecule has 1 aromatic heterocycles. The molecule has 1 amide bonds. The van der Waals surface area contributed by atoms with Crippen molar-refractivity contribution < 1.29 is 18.7 Å². The number of carbonyl (C=O) groups excluding carboxylic acids is 1. The Labute approximate surface area is 174 Å². The van der Waals surface area contributed by atoms with Gasteiger partial charge in [-0.3, -0.25) is 4.79 Å². The first-order chi connectivity index (χ1) is 14.5. The van der Waals surface area contributed by atoms with Crippen molar-refractivity contribution in [2.75, 3.05) is 19.0 Å². The standard InChI is InChI=1S/C24H22N2O4/c1-15-7-12-22-21(13-15)26-24(30-22)19-5-4-6-20(16(19)2)25-23(27)14-29-18-10-8-17(28-3)9-11-18/h4-13H,14H2,1-3H3,(H,25,27). The first-order valence-electron chi connectivity index (χ1n) is 9.57. The van der Waals surface area contributed by atoms with E-state index in [0.29, 0.717) is 17.3 Å². The van der Waals surface area contributed by atoms with E-state index in [-0.39, 0.29) is 12.5 Å². The number of ether oxygens (including phenoxy) is 2. The van der Waals surface area contributed by atoms with Crippen molar-refractivity contribution >= 4 is 22.7 Å². The smallest absolute Gasteiger partial charge is 0.262 e. The summed E-state index contributed by atoms with van der Waals surface area (Å²) in [4.78, 5) is 17.0. The Morgan fingerprint density at radius 3 is 2.57 bits per heavy atom. The van der Waals surface area contributed by atoms with Gasteiger partial charge in [-0.2, -0.15) is 0 Å². The third kappa shape index (κ3) is 4.12. The lowest BCUT2D eigenvalue weighted by Gasteiger charge is -2.12. The predicted octanol–water partition coefficient (Wildman–Crippen LogP) is 5.14. The van der Waals surface area contributed by atoms with Gasteiger partial charge in [0, 0.05) is 11.3 Å². The van der Waals surface area contributed by atoms with E-state index in [9.17, 15) is 4.79 Å². The third-order valence-corrected chi connectivity index (χ3v) is 4.81. The number of benzene rings is 3. The molecule has 0 fully saturated rings. The number of fused-ring (bicyclic) bond motifs is 1. The molecule has 6 heteroatoms. The fourth-order valence-electron chi connectivity index (χ4n) is 3.16. The molecule has 0 spiro atoms. The maximum atomic E-state index is 12.4. The Morgan fingerprint density at radius 1 is 1.03 bits per heavy atom. The number of hydrogen-bond acceptors (Lipinski definition) is 5. The van der Waals surface area contributed by atoms with E-state index in [1.807, 2.05) is 50.2 Å². The summed E-state index contributed by atoms with van der Waals surface area (Å²) in [7, 11) is 1.60. The van der Waals surface area contributed by atoms with Crippen LogP contribution in [0.4, 0.5) is 5.69 Å². The first kappa shape index (κ1) is 19.5. The van der Waals surface area contributed by atoms with Crippen molar-refractivity contribution in [3.05, 3.63) is 71.8 Å². The minimum Gasteiger partial charge on any atom is -0.497 e. The number of amides is 1. The molecule has 0 aliphatic rings. The molecule has 0 unspecified atom stereocenters. The van der Waals surface area contributed by atoms with Crippen LogP contribution in [0.25, 0.3) is 22.6 Å². The molecular formula is C24H22N2O4. The molecule has 6 nitrogen and oxygen atoms in total. The van der Waals surface area contributed by atoms with Gasteiger partial charge in [-0.1, -0.05) is 12.1 Å². The van der Waals surface area contributed by atoms with E-state index in [4.69, 9.17) is 13.9 Å². The summed E-state index contributed by atoms with van der Waals surface area (Å²) in [5.41, 5.74) is 5.06. The molecule has 3 aromatic carbocycles. The molecule has 152 valence electrons. The van der Waals surface area contributed by atoms with Gasteiger partial charge in [-0.25, -0.2) is 4.98 Å². The number of carbonyl (C=O) groups is 1. The van der Waals surface area contributed by atoms with Crippen molar-refractivity contribution in [1.29, 1.82) is 0 Å². The van der Waals surface area contributed by atoms with E-state index in [0.717, 1.165) is 33.5 Å². The highest BCUT2D eigenvalue weighted by atomic mass is 16.5. The number of oxazole rings is 1. The summed E-state index contributed by atoms with van der Waals surface area (Å²) in [6.07, 6.45) is 0. The van der Waals surface area contributed by atoms with Gasteiger partial charge in [-0.05, 0) is 73.5 Å². The second kappa shape index (κ2) is 8.29. The van der Waals surface area contributed by atoms with E-state index in [2.05, 4.69) is 10.3 Å². The van der Waals surface area contributed by atoms with Crippen LogP contribution in [0.1, 0.15) is 11.1 Å². The second-order valence-corrected chi connectivity index (χ2v) is 6.98. The van der Waals surface area contributed by atoms with Crippen LogP contribution in [0.15, 0.2) is 65.1 Å². The fraction of sp³-hybridized carbons (Fsp3) is 0.167. The number of nitrogens with one attached hydrogen (secondary N) is 1. The van der Waals surface area contributed by atoms with Crippen LogP contribution in [0.5, 0.6) is 11.5 Å². The molecule has 0 saturated heterocycles. The van der Waals surface area contributed by atoms with E-state index >= 15 is 0 Å². The number of aromatic nitrogens is 1. The lowest BCUT2D eigenvalue weighted by molar-refractivity contribution is -0.118. The minimum atomic E-state index is -0.251. The Morgan fingerprint density at radius 2 is 1.80 bits per heavy atom. The van der Waals surface area contributed by atoms with E-state index in [1.54, 1.807) is 31.4 Å². The molecule has 1 N–H and O–H groups in total. The topological polar surface area (TPSA) is 73.6 Å². The SMILES string of the molecule is COc1ccc(OCC(=O)Nc2cccc(-c3nc4cc(C)ccc4o3)c2C)cc1. The summed E-state index contributed by atoms with van der Waals surface area (Å²) in [5, 5.41) is 2.90. The van der Waals surface area contributed by atoms with Crippen molar-refractivity contribution in [1.82, 2.24) is 4.98 Å². The summed E-state index contributed by atoms with van der Waals surface area (Å²) >= 11 is 0. The van der Waals surface area contributed by atoms with Crippen LogP contribution in [0.2, 0.25) is 0 Å². The highest BCUT2D eigenvalue weighted by Crippen LogP contribution is 2.30. The van der Waals surface area contributed by atoms with Crippen LogP contribution >= 0.6 is 0 Å². The summed E-state index contributed by atoms with van der Waals surface area (Å²) in [5.74, 6) is 1.60. The number of hydrogen-bond donors (Lipinski definition) is 1. The molecule has 0 radical (unpaired) electrons. The Balaban J connectivity index is 1.48. The maximum Gasteiger partial charge on any atom is 0.262 e. The van der Waals surface area contributed by atoms with Crippen LogP contribution in [0.3, 0.4) is 0 Å². The van der Waals surface area contributed by atoms with Crippen molar-refractivity contribution in [2.24, 2.45) is 0 Å². The largest absolute Gasteiger partial charge is 0.497 e. The Kier molecular flexibility index (Phi) is 5.39. The fourth-order valence-corrected chi connectivity index (χ4v) is 3.16. The maximum absolute atomic E-state index is 12.4. The predicted molar refractivity (Wildman–Crippen MR) is 116 cm³/mol. The van der Waals surface area contributed by atoms with Gasteiger partial charge in [0.15, 0.2) is 12.2 Å². The lowest BCUT2D eigenvalue weighted by Crippen LogP contribution is -2.20.